The van der Waals surface area contributed by atoms with Crippen molar-refractivity contribution < 1.29 is 13.2 Å². The molecule has 164 valence electrons. The first-order valence-corrected chi connectivity index (χ1v) is 12.5. The average Bonchev–Trinajstić information content (AvgIpc) is 3.44. The van der Waals surface area contributed by atoms with Gasteiger partial charge in [-0.2, -0.15) is 0 Å². The number of nitrogens with one attached hydrogen (secondary N) is 2. The number of nitrogens with two attached hydrogens (primary N) is 1. The first-order chi connectivity index (χ1) is 14.8. The smallest absolute Gasteiger partial charge is 0.238 e. The number of sulfonamides is 1. The molecule has 0 aliphatic heterocycles. The van der Waals surface area contributed by atoms with Gasteiger partial charge in [0.1, 0.15) is 11.6 Å². The zero-order chi connectivity index (χ0) is 22.0. The minimum atomic E-state index is -3.84. The van der Waals surface area contributed by atoms with Gasteiger partial charge in [-0.1, -0.05) is 0 Å². The molecule has 0 unspecified atom stereocenters. The van der Waals surface area contributed by atoms with E-state index in [-0.39, 0.29) is 11.0 Å². The van der Waals surface area contributed by atoms with Crippen molar-refractivity contribution in [1.29, 1.82) is 0 Å². The fourth-order valence-corrected chi connectivity index (χ4v) is 4.21. The van der Waals surface area contributed by atoms with Crippen LogP contribution in [-0.4, -0.2) is 31.0 Å². The molecule has 31 heavy (non-hydrogen) atoms. The Hall–Kier alpha value is -2.69. The summed E-state index contributed by atoms with van der Waals surface area (Å²) < 4.78 is 29.3. The van der Waals surface area contributed by atoms with Crippen molar-refractivity contribution in [2.24, 2.45) is 11.1 Å². The molecule has 4 N–H and O–H groups in total. The highest BCUT2D eigenvalue weighted by Crippen LogP contribution is 2.34. The van der Waals surface area contributed by atoms with E-state index >= 15 is 0 Å². The normalized spacial score (nSPS) is 13.9. The number of aromatic nitrogens is 2. The van der Waals surface area contributed by atoms with Crippen LogP contribution in [-0.2, 0) is 10.0 Å². The van der Waals surface area contributed by atoms with Crippen LogP contribution < -0.4 is 20.5 Å². The molecule has 0 radical (unpaired) electrons. The van der Waals surface area contributed by atoms with E-state index in [1.165, 1.54) is 36.3 Å². The highest BCUT2D eigenvalue weighted by molar-refractivity contribution is 7.89. The summed E-state index contributed by atoms with van der Waals surface area (Å²) in [6, 6.07) is 8.41. The topological polar surface area (TPSA) is 119 Å². The van der Waals surface area contributed by atoms with Crippen LogP contribution in [0, 0.1) is 5.92 Å². The zero-order valence-corrected chi connectivity index (χ0v) is 19.0. The minimum Gasteiger partial charge on any atom is -0.489 e. The summed E-state index contributed by atoms with van der Waals surface area (Å²) in [6.07, 6.45) is 4.31. The number of benzene rings is 1. The number of nitrogens with zero attached hydrogens (tertiary/aromatic N) is 2. The molecule has 0 atom stereocenters. The molecule has 0 saturated heterocycles. The predicted octanol–water partition coefficient (Wildman–Crippen LogP) is 4.21. The van der Waals surface area contributed by atoms with Crippen LogP contribution in [0.15, 0.2) is 46.8 Å². The summed E-state index contributed by atoms with van der Waals surface area (Å²) in [5, 5.41) is 14.3. The zero-order valence-electron chi connectivity index (χ0n) is 17.3. The second kappa shape index (κ2) is 8.81. The molecular weight excluding hydrogens is 434 g/mol. The van der Waals surface area contributed by atoms with Gasteiger partial charge in [-0.05, 0) is 62.9 Å². The molecule has 3 aromatic rings. The van der Waals surface area contributed by atoms with Gasteiger partial charge in [0, 0.05) is 23.7 Å². The van der Waals surface area contributed by atoms with Crippen LogP contribution >= 0.6 is 11.3 Å². The van der Waals surface area contributed by atoms with Crippen molar-refractivity contribution >= 4 is 38.0 Å². The Morgan fingerprint density at radius 1 is 1.26 bits per heavy atom. The van der Waals surface area contributed by atoms with Crippen LogP contribution in [0.4, 0.5) is 16.6 Å². The van der Waals surface area contributed by atoms with Gasteiger partial charge in [0.2, 0.25) is 10.0 Å². The summed E-state index contributed by atoms with van der Waals surface area (Å²) >= 11 is 1.40. The van der Waals surface area contributed by atoms with E-state index in [2.05, 4.69) is 20.6 Å². The minimum absolute atomic E-state index is 0.00127. The lowest BCUT2D eigenvalue weighted by Crippen LogP contribution is -2.13. The Morgan fingerprint density at radius 3 is 2.71 bits per heavy atom. The quantitative estimate of drug-likeness (QED) is 0.438. The van der Waals surface area contributed by atoms with Gasteiger partial charge in [-0.15, -0.1) is 11.3 Å². The van der Waals surface area contributed by atoms with Crippen molar-refractivity contribution in [2.45, 2.75) is 37.7 Å². The Labute approximate surface area is 185 Å². The van der Waals surface area contributed by atoms with Crippen molar-refractivity contribution in [3.8, 4) is 17.0 Å². The molecule has 4 rings (SSSR count). The first-order valence-electron chi connectivity index (χ1n) is 10.0. The summed E-state index contributed by atoms with van der Waals surface area (Å²) in [7, 11) is -3.84. The number of pyridine rings is 1. The van der Waals surface area contributed by atoms with Gasteiger partial charge in [-0.25, -0.2) is 23.5 Å². The third-order valence-electron chi connectivity index (χ3n) is 4.72. The lowest BCUT2D eigenvalue weighted by atomic mass is 10.2. The molecule has 8 nitrogen and oxygen atoms in total. The van der Waals surface area contributed by atoms with Gasteiger partial charge in [0.05, 0.1) is 22.4 Å². The predicted molar refractivity (Wildman–Crippen MR) is 123 cm³/mol. The lowest BCUT2D eigenvalue weighted by molar-refractivity contribution is 0.243. The van der Waals surface area contributed by atoms with Crippen LogP contribution in [0.3, 0.4) is 0 Å². The van der Waals surface area contributed by atoms with E-state index in [1.807, 2.05) is 31.4 Å². The second-order valence-electron chi connectivity index (χ2n) is 7.79. The number of anilines is 3. The molecule has 0 amide bonds. The molecule has 10 heteroatoms. The Morgan fingerprint density at radius 2 is 2.06 bits per heavy atom. The molecule has 2 heterocycles. The molecule has 1 saturated carbocycles. The number of hydrogen-bond donors (Lipinski definition) is 3. The van der Waals surface area contributed by atoms with E-state index in [0.717, 1.165) is 29.5 Å². The fraction of sp³-hybridized carbons (Fsp3) is 0.333. The van der Waals surface area contributed by atoms with Crippen LogP contribution in [0.1, 0.15) is 26.7 Å². The van der Waals surface area contributed by atoms with E-state index in [1.54, 1.807) is 12.3 Å². The van der Waals surface area contributed by atoms with Gasteiger partial charge in [0.15, 0.2) is 5.13 Å². The summed E-state index contributed by atoms with van der Waals surface area (Å²) in [5.74, 6) is 2.16. The number of hydrogen-bond acceptors (Lipinski definition) is 8. The summed E-state index contributed by atoms with van der Waals surface area (Å²) in [5.41, 5.74) is 2.17. The molecule has 0 spiro atoms. The van der Waals surface area contributed by atoms with E-state index in [4.69, 9.17) is 9.88 Å². The van der Waals surface area contributed by atoms with Gasteiger partial charge in [-0.3, -0.25) is 0 Å². The Bertz CT molecular complexity index is 1160. The highest BCUT2D eigenvalue weighted by atomic mass is 32.2. The van der Waals surface area contributed by atoms with E-state index < -0.39 is 10.0 Å². The molecule has 1 fully saturated rings. The van der Waals surface area contributed by atoms with Crippen molar-refractivity contribution in [3.63, 3.8) is 0 Å². The highest BCUT2D eigenvalue weighted by Gasteiger charge is 2.20. The first kappa shape index (κ1) is 21.5. The summed E-state index contributed by atoms with van der Waals surface area (Å²) in [4.78, 5) is 9.08. The van der Waals surface area contributed by atoms with Gasteiger partial charge in [0.25, 0.3) is 0 Å². The third-order valence-corrected chi connectivity index (χ3v) is 6.38. The number of thiazole rings is 1. The van der Waals surface area contributed by atoms with Gasteiger partial charge < -0.3 is 15.4 Å². The SMILES string of the molecule is CC(C)Oc1ccc(S(N)(=O)=O)cc1Nc1nc(-c2ccc(NCC3CC3)nc2)cs1. The lowest BCUT2D eigenvalue weighted by Gasteiger charge is -2.15. The molecule has 1 aliphatic carbocycles. The largest absolute Gasteiger partial charge is 0.489 e. The third kappa shape index (κ3) is 5.72. The number of primary sulfonamides is 1. The monoisotopic (exact) mass is 459 g/mol. The summed E-state index contributed by atoms with van der Waals surface area (Å²) in [6.45, 7) is 4.76. The maximum Gasteiger partial charge on any atom is 0.238 e. The maximum absolute atomic E-state index is 11.8. The van der Waals surface area contributed by atoms with Gasteiger partial charge >= 0.3 is 0 Å². The average molecular weight is 460 g/mol. The molecule has 2 aromatic heterocycles. The van der Waals surface area contributed by atoms with Crippen LogP contribution in [0.2, 0.25) is 0 Å². The number of ether oxygens (including phenoxy) is 1. The second-order valence-corrected chi connectivity index (χ2v) is 10.2. The molecule has 1 aromatic carbocycles. The van der Waals surface area contributed by atoms with Crippen molar-refractivity contribution in [1.82, 2.24) is 9.97 Å². The van der Waals surface area contributed by atoms with Crippen molar-refractivity contribution in [2.75, 3.05) is 17.2 Å². The van der Waals surface area contributed by atoms with E-state index in [9.17, 15) is 8.42 Å². The van der Waals surface area contributed by atoms with Crippen LogP contribution in [0.25, 0.3) is 11.3 Å². The molecular formula is C21H25N5O3S2. The fourth-order valence-electron chi connectivity index (χ4n) is 2.94. The Balaban J connectivity index is 1.52. The maximum atomic E-state index is 11.8. The van der Waals surface area contributed by atoms with Crippen molar-refractivity contribution in [3.05, 3.63) is 41.9 Å². The standard InChI is InChI=1S/C21H25N5O3S2/c1-13(2)29-19-7-6-16(31(22,27)28)9-17(19)25-21-26-18(12-30-21)15-5-8-20(24-11-15)23-10-14-3-4-14/h5-9,11-14H,3-4,10H2,1-2H3,(H,23,24)(H,25,26)(H2,22,27,28). The molecule has 1 aliphatic rings. The Kier molecular flexibility index (Phi) is 6.12. The van der Waals surface area contributed by atoms with Crippen LogP contribution in [0.5, 0.6) is 5.75 Å². The molecule has 0 bridgehead atoms. The number of rotatable bonds is 9. The van der Waals surface area contributed by atoms with E-state index in [0.29, 0.717) is 16.6 Å².